The van der Waals surface area contributed by atoms with E-state index in [1.54, 1.807) is 43.3 Å². The first-order valence-corrected chi connectivity index (χ1v) is 5.16. The molecule has 0 aliphatic carbocycles. The van der Waals surface area contributed by atoms with Crippen molar-refractivity contribution in [1.29, 1.82) is 10.5 Å². The molecule has 0 fully saturated rings. The maximum absolute atomic E-state index is 9.33. The first-order valence-electron chi connectivity index (χ1n) is 4.78. The minimum Gasteiger partial charge on any atom is -0.287 e. The third-order valence-electron chi connectivity index (χ3n) is 2.61. The number of nitrogens with zero attached hydrogens (tertiary/aromatic N) is 3. The lowest BCUT2D eigenvalue weighted by atomic mass is 9.87. The average molecular weight is 234 g/mol. The molecule has 82 valence electrons. The fourth-order valence-corrected chi connectivity index (χ4v) is 1.69. The molecule has 0 N–H and O–H groups in total. The second-order valence-corrected chi connectivity index (χ2v) is 4.14. The van der Waals surface area contributed by atoms with E-state index in [4.69, 9.17) is 16.9 Å². The molecular weight excluding hydrogens is 222 g/mol. The van der Waals surface area contributed by atoms with Crippen LogP contribution >= 0.6 is 11.6 Å². The van der Waals surface area contributed by atoms with Crippen molar-refractivity contribution >= 4 is 11.6 Å². The number of halogens is 1. The number of benzene rings is 1. The molecule has 1 unspecified atom stereocenters. The predicted molar refractivity (Wildman–Crippen MR) is 62.7 cm³/mol. The zero-order chi connectivity index (χ0) is 12.2. The van der Waals surface area contributed by atoms with Crippen LogP contribution < -0.4 is 0 Å². The van der Waals surface area contributed by atoms with Crippen LogP contribution in [-0.2, 0) is 5.54 Å². The summed E-state index contributed by atoms with van der Waals surface area (Å²) in [6.07, 6.45) is 0.123. The summed E-state index contributed by atoms with van der Waals surface area (Å²) in [5, 5.41) is 18.8. The first kappa shape index (κ1) is 12.5. The van der Waals surface area contributed by atoms with E-state index in [-0.39, 0.29) is 6.42 Å². The Morgan fingerprint density at radius 2 is 1.81 bits per heavy atom. The van der Waals surface area contributed by atoms with Gasteiger partial charge in [-0.25, -0.2) is 0 Å². The van der Waals surface area contributed by atoms with E-state index < -0.39 is 5.54 Å². The first-order chi connectivity index (χ1) is 7.56. The van der Waals surface area contributed by atoms with Crippen molar-refractivity contribution in [1.82, 2.24) is 4.90 Å². The Balaban J connectivity index is 3.27. The Labute approximate surface area is 100 Å². The molecule has 0 saturated heterocycles. The molecule has 1 aromatic carbocycles. The summed E-state index contributed by atoms with van der Waals surface area (Å²) >= 11 is 5.80. The van der Waals surface area contributed by atoms with E-state index in [1.807, 2.05) is 0 Å². The Morgan fingerprint density at radius 3 is 2.19 bits per heavy atom. The van der Waals surface area contributed by atoms with Gasteiger partial charge in [0.1, 0.15) is 5.54 Å². The highest BCUT2D eigenvalue weighted by molar-refractivity contribution is 6.30. The minimum absolute atomic E-state index is 0.123. The second kappa shape index (κ2) is 4.99. The van der Waals surface area contributed by atoms with Gasteiger partial charge < -0.3 is 0 Å². The van der Waals surface area contributed by atoms with E-state index in [2.05, 4.69) is 12.1 Å². The molecule has 1 aromatic rings. The van der Waals surface area contributed by atoms with Gasteiger partial charge in [0.05, 0.1) is 18.6 Å². The molecule has 0 amide bonds. The smallest absolute Gasteiger partial charge is 0.147 e. The van der Waals surface area contributed by atoms with Gasteiger partial charge in [0.25, 0.3) is 0 Å². The number of nitriles is 2. The number of hydrogen-bond acceptors (Lipinski definition) is 3. The summed E-state index contributed by atoms with van der Waals surface area (Å²) < 4.78 is 0. The molecule has 4 heteroatoms. The molecule has 1 atom stereocenters. The van der Waals surface area contributed by atoms with E-state index in [1.165, 1.54) is 0 Å². The highest BCUT2D eigenvalue weighted by atomic mass is 35.5. The van der Waals surface area contributed by atoms with Gasteiger partial charge in [0.2, 0.25) is 0 Å². The van der Waals surface area contributed by atoms with Crippen LogP contribution in [0, 0.1) is 22.7 Å². The van der Waals surface area contributed by atoms with Gasteiger partial charge in [-0.2, -0.15) is 10.5 Å². The molecule has 3 nitrogen and oxygen atoms in total. The molecule has 0 heterocycles. The highest BCUT2D eigenvalue weighted by Gasteiger charge is 2.34. The van der Waals surface area contributed by atoms with Crippen molar-refractivity contribution in [2.24, 2.45) is 0 Å². The Hall–Kier alpha value is -1.55. The van der Waals surface area contributed by atoms with Crippen molar-refractivity contribution in [3.63, 3.8) is 0 Å². The zero-order valence-corrected chi connectivity index (χ0v) is 9.99. The van der Waals surface area contributed by atoms with Crippen LogP contribution in [0.1, 0.15) is 12.0 Å². The van der Waals surface area contributed by atoms with Crippen LogP contribution in [0.5, 0.6) is 0 Å². The topological polar surface area (TPSA) is 50.8 Å². The summed E-state index contributed by atoms with van der Waals surface area (Å²) in [4.78, 5) is 1.75. The third kappa shape index (κ3) is 2.17. The van der Waals surface area contributed by atoms with E-state index in [9.17, 15) is 5.26 Å². The molecule has 0 spiro atoms. The van der Waals surface area contributed by atoms with Gasteiger partial charge in [0, 0.05) is 5.02 Å². The number of rotatable bonds is 3. The monoisotopic (exact) mass is 233 g/mol. The molecule has 0 radical (unpaired) electrons. The third-order valence-corrected chi connectivity index (χ3v) is 2.86. The van der Waals surface area contributed by atoms with Crippen LogP contribution in [0.2, 0.25) is 5.02 Å². The fraction of sp³-hybridized carbons (Fsp3) is 0.333. The van der Waals surface area contributed by atoms with E-state index >= 15 is 0 Å². The Kier molecular flexibility index (Phi) is 3.90. The lowest BCUT2D eigenvalue weighted by Gasteiger charge is -2.31. The lowest BCUT2D eigenvalue weighted by Crippen LogP contribution is -2.39. The van der Waals surface area contributed by atoms with E-state index in [0.717, 1.165) is 5.56 Å². The van der Waals surface area contributed by atoms with Crippen molar-refractivity contribution in [3.8, 4) is 12.1 Å². The number of hydrogen-bond donors (Lipinski definition) is 0. The minimum atomic E-state index is -0.903. The maximum atomic E-state index is 9.33. The quantitative estimate of drug-likeness (QED) is 0.806. The summed E-state index contributed by atoms with van der Waals surface area (Å²) in [6, 6.07) is 11.3. The van der Waals surface area contributed by atoms with Crippen molar-refractivity contribution in [3.05, 3.63) is 34.9 Å². The summed E-state index contributed by atoms with van der Waals surface area (Å²) in [7, 11) is 3.57. The summed E-state index contributed by atoms with van der Waals surface area (Å²) in [5.74, 6) is 0. The second-order valence-electron chi connectivity index (χ2n) is 3.71. The predicted octanol–water partition coefficient (Wildman–Crippen LogP) is 2.53. The largest absolute Gasteiger partial charge is 0.287 e. The molecule has 0 bridgehead atoms. The Morgan fingerprint density at radius 1 is 1.25 bits per heavy atom. The molecule has 0 aromatic heterocycles. The molecule has 1 rings (SSSR count). The Bertz CT molecular complexity index is 439. The van der Waals surface area contributed by atoms with Crippen LogP contribution in [-0.4, -0.2) is 19.0 Å². The summed E-state index contributed by atoms with van der Waals surface area (Å²) in [5.41, 5.74) is -0.120. The van der Waals surface area contributed by atoms with Gasteiger partial charge in [-0.1, -0.05) is 23.7 Å². The van der Waals surface area contributed by atoms with Crippen LogP contribution in [0.25, 0.3) is 0 Å². The SMILES string of the molecule is CN(C)C(C#N)(CC#N)c1ccc(Cl)cc1. The van der Waals surface area contributed by atoms with Crippen LogP contribution in [0.4, 0.5) is 0 Å². The van der Waals surface area contributed by atoms with Crippen molar-refractivity contribution in [2.75, 3.05) is 14.1 Å². The van der Waals surface area contributed by atoms with Gasteiger partial charge >= 0.3 is 0 Å². The molecule has 16 heavy (non-hydrogen) atoms. The normalized spacial score (nSPS) is 13.9. The van der Waals surface area contributed by atoms with E-state index in [0.29, 0.717) is 5.02 Å². The molecule has 0 saturated carbocycles. The van der Waals surface area contributed by atoms with Gasteiger partial charge in [-0.3, -0.25) is 4.90 Å². The molecule has 0 aliphatic heterocycles. The fourth-order valence-electron chi connectivity index (χ4n) is 1.56. The maximum Gasteiger partial charge on any atom is 0.147 e. The summed E-state index contributed by atoms with van der Waals surface area (Å²) in [6.45, 7) is 0. The average Bonchev–Trinajstić information content (AvgIpc) is 2.27. The van der Waals surface area contributed by atoms with Gasteiger partial charge in [0.15, 0.2) is 0 Å². The van der Waals surface area contributed by atoms with Gasteiger partial charge in [-0.15, -0.1) is 0 Å². The lowest BCUT2D eigenvalue weighted by molar-refractivity contribution is 0.223. The van der Waals surface area contributed by atoms with Crippen LogP contribution in [0.15, 0.2) is 24.3 Å². The standard InChI is InChI=1S/C12H12ClN3/c1-16(2)12(9-15,7-8-14)10-3-5-11(13)6-4-10/h3-6H,7H2,1-2H3. The van der Waals surface area contributed by atoms with Crippen molar-refractivity contribution in [2.45, 2.75) is 12.0 Å². The highest BCUT2D eigenvalue weighted by Crippen LogP contribution is 2.30. The van der Waals surface area contributed by atoms with Crippen molar-refractivity contribution < 1.29 is 0 Å². The molecular formula is C12H12ClN3. The van der Waals surface area contributed by atoms with Crippen LogP contribution in [0.3, 0.4) is 0 Å². The van der Waals surface area contributed by atoms with Gasteiger partial charge in [-0.05, 0) is 31.8 Å². The molecule has 0 aliphatic rings. The zero-order valence-electron chi connectivity index (χ0n) is 9.24.